The SMILES string of the molecule is Cn1cc(C(=O)Nc2cccc(N)c2Cl)cn1. The minimum absolute atomic E-state index is 0.273. The van der Waals surface area contributed by atoms with Crippen LogP contribution in [-0.2, 0) is 7.05 Å². The zero-order chi connectivity index (χ0) is 12.4. The van der Waals surface area contributed by atoms with Crippen molar-refractivity contribution in [3.05, 3.63) is 41.2 Å². The third-order valence-corrected chi connectivity index (χ3v) is 2.67. The lowest BCUT2D eigenvalue weighted by Crippen LogP contribution is -2.11. The minimum atomic E-state index is -0.273. The Morgan fingerprint density at radius 2 is 2.29 bits per heavy atom. The highest BCUT2D eigenvalue weighted by Gasteiger charge is 2.11. The van der Waals surface area contributed by atoms with Gasteiger partial charge in [-0.05, 0) is 12.1 Å². The first-order valence-corrected chi connectivity index (χ1v) is 5.29. The van der Waals surface area contributed by atoms with Crippen LogP contribution in [-0.4, -0.2) is 15.7 Å². The summed E-state index contributed by atoms with van der Waals surface area (Å²) in [5, 5.41) is 6.93. The number of nitrogens with one attached hydrogen (secondary N) is 1. The van der Waals surface area contributed by atoms with Crippen molar-refractivity contribution in [3.8, 4) is 0 Å². The monoisotopic (exact) mass is 250 g/mol. The lowest BCUT2D eigenvalue weighted by Gasteiger charge is -2.07. The van der Waals surface area contributed by atoms with Gasteiger partial charge in [0, 0.05) is 13.2 Å². The second kappa shape index (κ2) is 4.47. The van der Waals surface area contributed by atoms with Crippen LogP contribution in [0, 0.1) is 0 Å². The number of nitrogens with zero attached hydrogens (tertiary/aromatic N) is 2. The fraction of sp³-hybridized carbons (Fsp3) is 0.0909. The quantitative estimate of drug-likeness (QED) is 0.800. The number of carbonyl (C=O) groups excluding carboxylic acids is 1. The first-order valence-electron chi connectivity index (χ1n) is 4.92. The maximum atomic E-state index is 11.8. The first-order chi connectivity index (χ1) is 8.08. The molecule has 1 amide bonds. The summed E-state index contributed by atoms with van der Waals surface area (Å²) in [6, 6.07) is 5.08. The number of halogens is 1. The Morgan fingerprint density at radius 1 is 1.53 bits per heavy atom. The number of benzene rings is 1. The van der Waals surface area contributed by atoms with Gasteiger partial charge in [0.25, 0.3) is 5.91 Å². The summed E-state index contributed by atoms with van der Waals surface area (Å²) in [5.74, 6) is -0.273. The van der Waals surface area contributed by atoms with Crippen LogP contribution >= 0.6 is 11.6 Å². The van der Waals surface area contributed by atoms with Gasteiger partial charge in [-0.2, -0.15) is 5.10 Å². The van der Waals surface area contributed by atoms with Crippen molar-refractivity contribution in [2.75, 3.05) is 11.1 Å². The molecule has 0 saturated heterocycles. The number of nitrogens with two attached hydrogens (primary N) is 1. The number of hydrogen-bond acceptors (Lipinski definition) is 3. The van der Waals surface area contributed by atoms with E-state index in [0.717, 1.165) is 0 Å². The van der Waals surface area contributed by atoms with E-state index in [0.29, 0.717) is 22.0 Å². The standard InChI is InChI=1S/C11H11ClN4O/c1-16-6-7(5-14-16)11(17)15-9-4-2-3-8(13)10(9)12/h2-6H,13H2,1H3,(H,15,17). The van der Waals surface area contributed by atoms with Crippen molar-refractivity contribution in [1.29, 1.82) is 0 Å². The molecule has 0 fully saturated rings. The van der Waals surface area contributed by atoms with Gasteiger partial charge in [0.2, 0.25) is 0 Å². The number of rotatable bonds is 2. The maximum Gasteiger partial charge on any atom is 0.258 e. The summed E-state index contributed by atoms with van der Waals surface area (Å²) in [4.78, 5) is 11.8. The van der Waals surface area contributed by atoms with Crippen LogP contribution in [0.4, 0.5) is 11.4 Å². The van der Waals surface area contributed by atoms with Crippen molar-refractivity contribution in [2.45, 2.75) is 0 Å². The van der Waals surface area contributed by atoms with Crippen LogP contribution in [0.3, 0.4) is 0 Å². The third-order valence-electron chi connectivity index (χ3n) is 2.24. The maximum absolute atomic E-state index is 11.8. The zero-order valence-electron chi connectivity index (χ0n) is 9.14. The summed E-state index contributed by atoms with van der Waals surface area (Å²) in [7, 11) is 1.74. The molecule has 0 aliphatic rings. The van der Waals surface area contributed by atoms with Gasteiger partial charge in [-0.1, -0.05) is 17.7 Å². The van der Waals surface area contributed by atoms with Crippen LogP contribution in [0.15, 0.2) is 30.6 Å². The normalized spacial score (nSPS) is 10.2. The number of hydrogen-bond donors (Lipinski definition) is 2. The highest BCUT2D eigenvalue weighted by molar-refractivity contribution is 6.36. The Labute approximate surface area is 103 Å². The summed E-state index contributed by atoms with van der Waals surface area (Å²) in [5.41, 5.74) is 7.02. The lowest BCUT2D eigenvalue weighted by molar-refractivity contribution is 0.102. The third kappa shape index (κ3) is 2.39. The van der Waals surface area contributed by atoms with E-state index in [-0.39, 0.29) is 5.91 Å². The van der Waals surface area contributed by atoms with E-state index < -0.39 is 0 Å². The Kier molecular flexibility index (Phi) is 3.01. The highest BCUT2D eigenvalue weighted by atomic mass is 35.5. The van der Waals surface area contributed by atoms with E-state index in [2.05, 4.69) is 10.4 Å². The zero-order valence-corrected chi connectivity index (χ0v) is 9.90. The molecule has 0 spiro atoms. The average Bonchev–Trinajstić information content (AvgIpc) is 2.72. The number of amides is 1. The van der Waals surface area contributed by atoms with Gasteiger partial charge in [-0.25, -0.2) is 0 Å². The molecular formula is C11H11ClN4O. The molecule has 0 aliphatic heterocycles. The second-order valence-corrected chi connectivity index (χ2v) is 3.94. The fourth-order valence-corrected chi connectivity index (χ4v) is 1.55. The van der Waals surface area contributed by atoms with Gasteiger partial charge in [0.15, 0.2) is 0 Å². The van der Waals surface area contributed by atoms with Crippen molar-refractivity contribution < 1.29 is 4.79 Å². The average molecular weight is 251 g/mol. The smallest absolute Gasteiger partial charge is 0.258 e. The molecule has 0 saturated carbocycles. The molecule has 2 rings (SSSR count). The summed E-state index contributed by atoms with van der Waals surface area (Å²) in [6.07, 6.45) is 3.10. The molecule has 1 aromatic heterocycles. The first kappa shape index (κ1) is 11.5. The molecule has 6 heteroatoms. The molecule has 5 nitrogen and oxygen atoms in total. The van der Waals surface area contributed by atoms with Gasteiger partial charge >= 0.3 is 0 Å². The molecular weight excluding hydrogens is 240 g/mol. The fourth-order valence-electron chi connectivity index (χ4n) is 1.38. The molecule has 1 heterocycles. The van der Waals surface area contributed by atoms with Crippen LogP contribution in [0.25, 0.3) is 0 Å². The van der Waals surface area contributed by atoms with Crippen molar-refractivity contribution in [2.24, 2.45) is 7.05 Å². The molecule has 2 aromatic rings. The lowest BCUT2D eigenvalue weighted by atomic mass is 10.2. The van der Waals surface area contributed by atoms with Crippen LogP contribution in [0.5, 0.6) is 0 Å². The number of anilines is 2. The molecule has 0 unspecified atom stereocenters. The second-order valence-electron chi connectivity index (χ2n) is 3.57. The summed E-state index contributed by atoms with van der Waals surface area (Å²) in [6.45, 7) is 0. The van der Waals surface area contributed by atoms with Gasteiger partial charge in [-0.3, -0.25) is 9.48 Å². The predicted molar refractivity (Wildman–Crippen MR) is 67.0 cm³/mol. The van der Waals surface area contributed by atoms with E-state index in [1.807, 2.05) is 0 Å². The van der Waals surface area contributed by atoms with E-state index in [1.54, 1.807) is 36.1 Å². The van der Waals surface area contributed by atoms with E-state index >= 15 is 0 Å². The van der Waals surface area contributed by atoms with Gasteiger partial charge in [0.1, 0.15) is 0 Å². The Bertz CT molecular complexity index is 564. The number of nitrogen functional groups attached to an aromatic ring is 1. The molecule has 0 bridgehead atoms. The van der Waals surface area contributed by atoms with Gasteiger partial charge in [0.05, 0.1) is 28.2 Å². The largest absolute Gasteiger partial charge is 0.397 e. The van der Waals surface area contributed by atoms with Crippen LogP contribution < -0.4 is 11.1 Å². The van der Waals surface area contributed by atoms with Crippen molar-refractivity contribution in [1.82, 2.24) is 9.78 Å². The molecule has 3 N–H and O–H groups in total. The Balaban J connectivity index is 2.21. The predicted octanol–water partition coefficient (Wildman–Crippen LogP) is 1.91. The topological polar surface area (TPSA) is 72.9 Å². The summed E-state index contributed by atoms with van der Waals surface area (Å²) >= 11 is 5.97. The molecule has 1 aromatic carbocycles. The summed E-state index contributed by atoms with van der Waals surface area (Å²) < 4.78 is 1.55. The number of aromatic nitrogens is 2. The van der Waals surface area contributed by atoms with E-state index in [1.165, 1.54) is 6.20 Å². The van der Waals surface area contributed by atoms with Gasteiger partial charge < -0.3 is 11.1 Å². The minimum Gasteiger partial charge on any atom is -0.397 e. The van der Waals surface area contributed by atoms with Crippen molar-refractivity contribution >= 4 is 28.9 Å². The van der Waals surface area contributed by atoms with Gasteiger partial charge in [-0.15, -0.1) is 0 Å². The molecule has 17 heavy (non-hydrogen) atoms. The Hall–Kier alpha value is -2.01. The molecule has 88 valence electrons. The van der Waals surface area contributed by atoms with Crippen LogP contribution in [0.1, 0.15) is 10.4 Å². The van der Waals surface area contributed by atoms with Crippen LogP contribution in [0.2, 0.25) is 5.02 Å². The molecule has 0 radical (unpaired) electrons. The van der Waals surface area contributed by atoms with Crippen molar-refractivity contribution in [3.63, 3.8) is 0 Å². The number of carbonyl (C=O) groups is 1. The van der Waals surface area contributed by atoms with E-state index in [9.17, 15) is 4.79 Å². The molecule has 0 atom stereocenters. The number of aryl methyl sites for hydroxylation is 1. The Morgan fingerprint density at radius 3 is 2.94 bits per heavy atom. The molecule has 0 aliphatic carbocycles. The van der Waals surface area contributed by atoms with E-state index in [4.69, 9.17) is 17.3 Å². The highest BCUT2D eigenvalue weighted by Crippen LogP contribution is 2.27.